The van der Waals surface area contributed by atoms with Gasteiger partial charge in [0.15, 0.2) is 0 Å². The second-order valence-electron chi connectivity index (χ2n) is 4.53. The highest BCUT2D eigenvalue weighted by molar-refractivity contribution is 7.99. The van der Waals surface area contributed by atoms with Crippen molar-refractivity contribution < 1.29 is 4.79 Å². The molecule has 1 aliphatic rings. The second-order valence-corrected chi connectivity index (χ2v) is 5.98. The van der Waals surface area contributed by atoms with E-state index in [2.05, 4.69) is 15.3 Å². The van der Waals surface area contributed by atoms with E-state index in [-0.39, 0.29) is 11.2 Å². The van der Waals surface area contributed by atoms with Crippen LogP contribution in [0.5, 0.6) is 0 Å². The van der Waals surface area contributed by atoms with Gasteiger partial charge < -0.3 is 10.2 Å². The standard InChI is InChI=1S/C12H17ClN4OS/c1-17(2)9(18)4-3-6-14-11-10-8(5-7-19-10)15-12(13)16-11/h3-7H2,1-2H3,(H,14,15,16). The van der Waals surface area contributed by atoms with Gasteiger partial charge in [-0.3, -0.25) is 4.79 Å². The number of anilines is 1. The van der Waals surface area contributed by atoms with Gasteiger partial charge in [-0.2, -0.15) is 4.98 Å². The molecule has 1 aromatic heterocycles. The smallest absolute Gasteiger partial charge is 0.224 e. The van der Waals surface area contributed by atoms with Crippen molar-refractivity contribution in [3.8, 4) is 0 Å². The highest BCUT2D eigenvalue weighted by Crippen LogP contribution is 2.35. The van der Waals surface area contributed by atoms with Crippen molar-refractivity contribution in [1.82, 2.24) is 14.9 Å². The van der Waals surface area contributed by atoms with Gasteiger partial charge in [0.05, 0.1) is 10.6 Å². The largest absolute Gasteiger partial charge is 0.369 e. The summed E-state index contributed by atoms with van der Waals surface area (Å²) in [6.07, 6.45) is 2.25. The molecule has 2 heterocycles. The monoisotopic (exact) mass is 300 g/mol. The molecule has 1 amide bonds. The Balaban J connectivity index is 1.88. The number of hydrogen-bond acceptors (Lipinski definition) is 5. The van der Waals surface area contributed by atoms with Gasteiger partial charge in [-0.05, 0) is 18.0 Å². The van der Waals surface area contributed by atoms with Crippen LogP contribution in [-0.2, 0) is 11.2 Å². The van der Waals surface area contributed by atoms with Gasteiger partial charge in [0.25, 0.3) is 0 Å². The highest BCUT2D eigenvalue weighted by atomic mass is 35.5. The Morgan fingerprint density at radius 3 is 3.00 bits per heavy atom. The van der Waals surface area contributed by atoms with E-state index in [0.29, 0.717) is 13.0 Å². The Morgan fingerprint density at radius 2 is 2.26 bits per heavy atom. The minimum atomic E-state index is 0.141. The summed E-state index contributed by atoms with van der Waals surface area (Å²) in [6.45, 7) is 0.708. The predicted molar refractivity (Wildman–Crippen MR) is 77.9 cm³/mol. The minimum absolute atomic E-state index is 0.141. The van der Waals surface area contributed by atoms with Crippen LogP contribution in [0.25, 0.3) is 0 Å². The summed E-state index contributed by atoms with van der Waals surface area (Å²) in [5, 5.41) is 3.54. The van der Waals surface area contributed by atoms with Crippen molar-refractivity contribution in [3.63, 3.8) is 0 Å². The number of rotatable bonds is 5. The molecule has 0 saturated carbocycles. The normalized spacial score (nSPS) is 13.2. The molecule has 0 aromatic carbocycles. The van der Waals surface area contributed by atoms with E-state index < -0.39 is 0 Å². The lowest BCUT2D eigenvalue weighted by atomic mass is 10.3. The van der Waals surface area contributed by atoms with Crippen molar-refractivity contribution in [3.05, 3.63) is 11.0 Å². The number of aryl methyl sites for hydroxylation is 1. The fourth-order valence-electron chi connectivity index (χ4n) is 1.83. The summed E-state index contributed by atoms with van der Waals surface area (Å²) in [5.74, 6) is 1.97. The summed E-state index contributed by atoms with van der Waals surface area (Å²) < 4.78 is 0. The average Bonchev–Trinajstić information content (AvgIpc) is 2.81. The molecular weight excluding hydrogens is 284 g/mol. The number of aromatic nitrogens is 2. The van der Waals surface area contributed by atoms with Gasteiger partial charge in [-0.25, -0.2) is 4.98 Å². The molecule has 1 aliphatic heterocycles. The van der Waals surface area contributed by atoms with E-state index in [1.807, 2.05) is 0 Å². The van der Waals surface area contributed by atoms with E-state index in [4.69, 9.17) is 11.6 Å². The lowest BCUT2D eigenvalue weighted by Crippen LogP contribution is -2.22. The number of nitrogens with zero attached hydrogens (tertiary/aromatic N) is 3. The summed E-state index contributed by atoms with van der Waals surface area (Å²) in [5.41, 5.74) is 1.02. The third kappa shape index (κ3) is 3.73. The molecule has 7 heteroatoms. The van der Waals surface area contributed by atoms with Crippen molar-refractivity contribution in [2.24, 2.45) is 0 Å². The zero-order valence-corrected chi connectivity index (χ0v) is 12.6. The van der Waals surface area contributed by atoms with E-state index in [9.17, 15) is 4.79 Å². The highest BCUT2D eigenvalue weighted by Gasteiger charge is 2.19. The van der Waals surface area contributed by atoms with E-state index in [1.54, 1.807) is 30.8 Å². The Hall–Kier alpha value is -1.01. The quantitative estimate of drug-likeness (QED) is 0.666. The summed E-state index contributed by atoms with van der Waals surface area (Å²) in [4.78, 5) is 22.6. The molecule has 19 heavy (non-hydrogen) atoms. The molecule has 0 fully saturated rings. The van der Waals surface area contributed by atoms with Gasteiger partial charge in [0.1, 0.15) is 5.82 Å². The lowest BCUT2D eigenvalue weighted by molar-refractivity contribution is -0.128. The Labute approximate surface area is 122 Å². The molecule has 0 saturated heterocycles. The average molecular weight is 301 g/mol. The van der Waals surface area contributed by atoms with Crippen molar-refractivity contribution in [2.75, 3.05) is 31.7 Å². The zero-order chi connectivity index (χ0) is 13.8. The fraction of sp³-hybridized carbons (Fsp3) is 0.583. The van der Waals surface area contributed by atoms with Gasteiger partial charge in [0.2, 0.25) is 11.2 Å². The molecule has 0 unspecified atom stereocenters. The SMILES string of the molecule is CN(C)C(=O)CCCNc1nc(Cl)nc2c1SCC2. The summed E-state index contributed by atoms with van der Waals surface area (Å²) in [6, 6.07) is 0. The number of amides is 1. The molecule has 2 rings (SSSR count). The lowest BCUT2D eigenvalue weighted by Gasteiger charge is -2.11. The third-order valence-corrected chi connectivity index (χ3v) is 4.15. The minimum Gasteiger partial charge on any atom is -0.369 e. The maximum Gasteiger partial charge on any atom is 0.224 e. The Morgan fingerprint density at radius 1 is 1.47 bits per heavy atom. The molecule has 5 nitrogen and oxygen atoms in total. The molecular formula is C12H17ClN4OS. The van der Waals surface area contributed by atoms with Gasteiger partial charge in [0, 0.05) is 39.2 Å². The van der Waals surface area contributed by atoms with Crippen molar-refractivity contribution in [1.29, 1.82) is 0 Å². The number of fused-ring (bicyclic) bond motifs is 1. The Kier molecular flexibility index (Phi) is 4.87. The van der Waals surface area contributed by atoms with E-state index in [0.717, 1.165) is 35.0 Å². The van der Waals surface area contributed by atoms with E-state index >= 15 is 0 Å². The number of nitrogens with one attached hydrogen (secondary N) is 1. The first-order valence-corrected chi connectivity index (χ1v) is 7.57. The summed E-state index contributed by atoms with van der Waals surface area (Å²) in [7, 11) is 3.53. The molecule has 1 N–H and O–H groups in total. The third-order valence-electron chi connectivity index (χ3n) is 2.85. The van der Waals surface area contributed by atoms with Crippen LogP contribution < -0.4 is 5.32 Å². The first-order valence-electron chi connectivity index (χ1n) is 6.21. The van der Waals surface area contributed by atoms with Gasteiger partial charge >= 0.3 is 0 Å². The van der Waals surface area contributed by atoms with Gasteiger partial charge in [-0.15, -0.1) is 11.8 Å². The first-order chi connectivity index (χ1) is 9.08. The van der Waals surface area contributed by atoms with Crippen LogP contribution in [-0.4, -0.2) is 47.2 Å². The molecule has 0 atom stereocenters. The zero-order valence-electron chi connectivity index (χ0n) is 11.1. The summed E-state index contributed by atoms with van der Waals surface area (Å²) >= 11 is 7.65. The fourth-order valence-corrected chi connectivity index (χ4v) is 3.08. The Bertz CT molecular complexity index is 481. The second kappa shape index (κ2) is 6.43. The maximum absolute atomic E-state index is 11.4. The maximum atomic E-state index is 11.4. The molecule has 0 spiro atoms. The number of carbonyl (C=O) groups is 1. The number of carbonyl (C=O) groups excluding carboxylic acids is 1. The molecule has 0 aliphatic carbocycles. The van der Waals surface area contributed by atoms with Crippen LogP contribution in [0.2, 0.25) is 5.28 Å². The molecule has 1 aromatic rings. The first kappa shape index (κ1) is 14.4. The van der Waals surface area contributed by atoms with Crippen LogP contribution in [0, 0.1) is 0 Å². The molecule has 0 radical (unpaired) electrons. The van der Waals surface area contributed by atoms with E-state index in [1.165, 1.54) is 0 Å². The van der Waals surface area contributed by atoms with Crippen molar-refractivity contribution >= 4 is 35.1 Å². The molecule has 0 bridgehead atoms. The number of hydrogen-bond donors (Lipinski definition) is 1. The number of thioether (sulfide) groups is 1. The van der Waals surface area contributed by atoms with Crippen molar-refractivity contribution in [2.45, 2.75) is 24.2 Å². The van der Waals surface area contributed by atoms with Crippen LogP contribution in [0.3, 0.4) is 0 Å². The predicted octanol–water partition coefficient (Wildman–Crippen LogP) is 2.06. The molecule has 104 valence electrons. The van der Waals surface area contributed by atoms with Crippen LogP contribution >= 0.6 is 23.4 Å². The van der Waals surface area contributed by atoms with Gasteiger partial charge in [-0.1, -0.05) is 0 Å². The van der Waals surface area contributed by atoms with Crippen LogP contribution in [0.4, 0.5) is 5.82 Å². The number of halogens is 1. The van der Waals surface area contributed by atoms with Crippen LogP contribution in [0.1, 0.15) is 18.5 Å². The van der Waals surface area contributed by atoms with Crippen LogP contribution in [0.15, 0.2) is 4.90 Å². The topological polar surface area (TPSA) is 58.1 Å².